The average molecular weight is 318 g/mol. The Kier molecular flexibility index (Phi) is 4.05. The van der Waals surface area contributed by atoms with Crippen molar-refractivity contribution >= 4 is 17.5 Å². The first-order chi connectivity index (χ1) is 10.5. The molecule has 0 fully saturated rings. The molecule has 22 heavy (non-hydrogen) atoms. The lowest BCUT2D eigenvalue weighted by atomic mass is 10.1. The smallest absolute Gasteiger partial charge is 0.225 e. The summed E-state index contributed by atoms with van der Waals surface area (Å²) in [4.78, 5) is 12.2. The monoisotopic (exact) mass is 317 g/mol. The van der Waals surface area contributed by atoms with E-state index in [-0.39, 0.29) is 24.1 Å². The van der Waals surface area contributed by atoms with Crippen molar-refractivity contribution in [3.05, 3.63) is 64.2 Å². The molecule has 3 N–H and O–H groups in total. The van der Waals surface area contributed by atoms with Crippen molar-refractivity contribution in [1.82, 2.24) is 5.32 Å². The number of halogens is 1. The summed E-state index contributed by atoms with van der Waals surface area (Å²) in [6.07, 6.45) is 0.0302. The molecule has 1 aliphatic carbocycles. The number of phenols is 1. The minimum absolute atomic E-state index is 0.0642. The maximum Gasteiger partial charge on any atom is 0.225 e. The minimum Gasteiger partial charge on any atom is -0.508 e. The van der Waals surface area contributed by atoms with Crippen LogP contribution in [0.25, 0.3) is 0 Å². The summed E-state index contributed by atoms with van der Waals surface area (Å²) < 4.78 is 0. The van der Waals surface area contributed by atoms with E-state index in [1.165, 1.54) is 12.1 Å². The number of fused-ring (bicyclic) bond motifs is 1. The van der Waals surface area contributed by atoms with Gasteiger partial charge < -0.3 is 15.5 Å². The topological polar surface area (TPSA) is 69.6 Å². The molecule has 2 aromatic rings. The third-order valence-corrected chi connectivity index (χ3v) is 4.26. The first-order valence-corrected chi connectivity index (χ1v) is 7.45. The van der Waals surface area contributed by atoms with Crippen LogP contribution in [0.4, 0.5) is 0 Å². The lowest BCUT2D eigenvalue weighted by Crippen LogP contribution is -2.34. The fourth-order valence-electron chi connectivity index (χ4n) is 2.82. The van der Waals surface area contributed by atoms with Gasteiger partial charge in [-0.15, -0.1) is 0 Å². The number of hydrogen-bond donors (Lipinski definition) is 3. The van der Waals surface area contributed by atoms with E-state index in [0.717, 1.165) is 11.1 Å². The molecule has 114 valence electrons. The number of carbonyl (C=O) groups is 1. The lowest BCUT2D eigenvalue weighted by Gasteiger charge is -2.18. The van der Waals surface area contributed by atoms with Crippen molar-refractivity contribution in [2.45, 2.75) is 25.0 Å². The van der Waals surface area contributed by atoms with Gasteiger partial charge in [-0.2, -0.15) is 0 Å². The van der Waals surface area contributed by atoms with Crippen LogP contribution in [0.1, 0.15) is 22.7 Å². The Morgan fingerprint density at radius 3 is 2.82 bits per heavy atom. The molecule has 0 saturated carbocycles. The van der Waals surface area contributed by atoms with Crippen LogP contribution in [0.5, 0.6) is 5.75 Å². The largest absolute Gasteiger partial charge is 0.508 e. The molecule has 0 radical (unpaired) electrons. The predicted octanol–water partition coefficient (Wildman–Crippen LogP) is 2.36. The van der Waals surface area contributed by atoms with Crippen LogP contribution in [0, 0.1) is 0 Å². The van der Waals surface area contributed by atoms with Crippen LogP contribution >= 0.6 is 11.6 Å². The van der Waals surface area contributed by atoms with Gasteiger partial charge in [0, 0.05) is 11.4 Å². The fourth-order valence-corrected chi connectivity index (χ4v) is 3.07. The van der Waals surface area contributed by atoms with Gasteiger partial charge in [-0.05, 0) is 28.8 Å². The summed E-state index contributed by atoms with van der Waals surface area (Å²) in [6, 6.07) is 11.8. The Balaban J connectivity index is 1.72. The van der Waals surface area contributed by atoms with Gasteiger partial charge in [-0.25, -0.2) is 0 Å². The van der Waals surface area contributed by atoms with Gasteiger partial charge in [0.25, 0.3) is 0 Å². The SMILES string of the molecule is O=C(Cc1ccc(O)cc1Cl)NC1c2ccccc2CC1O. The molecular formula is C17H16ClNO3. The number of rotatable bonds is 3. The zero-order valence-corrected chi connectivity index (χ0v) is 12.5. The Morgan fingerprint density at radius 1 is 1.27 bits per heavy atom. The molecule has 2 atom stereocenters. The third kappa shape index (κ3) is 2.93. The van der Waals surface area contributed by atoms with E-state index < -0.39 is 6.10 Å². The number of benzene rings is 2. The lowest BCUT2D eigenvalue weighted by molar-refractivity contribution is -0.121. The van der Waals surface area contributed by atoms with E-state index in [4.69, 9.17) is 11.6 Å². The molecule has 0 saturated heterocycles. The Labute approximate surface area is 133 Å². The van der Waals surface area contributed by atoms with Gasteiger partial charge >= 0.3 is 0 Å². The van der Waals surface area contributed by atoms with E-state index in [1.54, 1.807) is 6.07 Å². The number of aromatic hydroxyl groups is 1. The van der Waals surface area contributed by atoms with Crippen molar-refractivity contribution in [3.8, 4) is 5.75 Å². The zero-order valence-electron chi connectivity index (χ0n) is 11.8. The van der Waals surface area contributed by atoms with Crippen LogP contribution in [-0.4, -0.2) is 22.2 Å². The molecular weight excluding hydrogens is 302 g/mol. The van der Waals surface area contributed by atoms with E-state index in [0.29, 0.717) is 17.0 Å². The van der Waals surface area contributed by atoms with Gasteiger partial charge in [0.15, 0.2) is 0 Å². The minimum atomic E-state index is -0.614. The quantitative estimate of drug-likeness (QED) is 0.814. The summed E-state index contributed by atoms with van der Waals surface area (Å²) in [5, 5.41) is 22.7. The van der Waals surface area contributed by atoms with Crippen molar-refractivity contribution in [1.29, 1.82) is 0 Å². The number of aliphatic hydroxyl groups excluding tert-OH is 1. The number of hydrogen-bond acceptors (Lipinski definition) is 3. The number of nitrogens with one attached hydrogen (secondary N) is 1. The second-order valence-corrected chi connectivity index (χ2v) is 5.88. The molecule has 4 nitrogen and oxygen atoms in total. The normalized spacial score (nSPS) is 19.7. The van der Waals surface area contributed by atoms with E-state index in [1.807, 2.05) is 24.3 Å². The van der Waals surface area contributed by atoms with E-state index in [9.17, 15) is 15.0 Å². The van der Waals surface area contributed by atoms with Crippen LogP contribution in [0.15, 0.2) is 42.5 Å². The molecule has 0 heterocycles. The van der Waals surface area contributed by atoms with Crippen LogP contribution in [0.2, 0.25) is 5.02 Å². The maximum atomic E-state index is 12.2. The fraction of sp³-hybridized carbons (Fsp3) is 0.235. The number of carbonyl (C=O) groups excluding carboxylic acids is 1. The number of aliphatic hydroxyl groups is 1. The molecule has 1 amide bonds. The van der Waals surface area contributed by atoms with Crippen molar-refractivity contribution in [2.75, 3.05) is 0 Å². The van der Waals surface area contributed by atoms with Crippen LogP contribution in [0.3, 0.4) is 0 Å². The highest BCUT2D eigenvalue weighted by Crippen LogP contribution is 2.31. The summed E-state index contributed by atoms with van der Waals surface area (Å²) >= 11 is 6.01. The zero-order chi connectivity index (χ0) is 15.7. The second-order valence-electron chi connectivity index (χ2n) is 5.47. The number of amides is 1. The summed E-state index contributed by atoms with van der Waals surface area (Å²) in [5.41, 5.74) is 2.65. The van der Waals surface area contributed by atoms with Gasteiger partial charge in [0.05, 0.1) is 18.6 Å². The number of phenolic OH excluding ortho intramolecular Hbond substituents is 1. The molecule has 2 aromatic carbocycles. The third-order valence-electron chi connectivity index (χ3n) is 3.91. The molecule has 3 rings (SSSR count). The van der Waals surface area contributed by atoms with Gasteiger partial charge in [-0.3, -0.25) is 4.79 Å². The Morgan fingerprint density at radius 2 is 2.05 bits per heavy atom. The first-order valence-electron chi connectivity index (χ1n) is 7.07. The highest BCUT2D eigenvalue weighted by Gasteiger charge is 2.31. The first kappa shape index (κ1) is 14.9. The van der Waals surface area contributed by atoms with E-state index in [2.05, 4.69) is 5.32 Å². The Bertz CT molecular complexity index is 717. The molecule has 0 bridgehead atoms. The molecule has 0 aromatic heterocycles. The van der Waals surface area contributed by atoms with Crippen LogP contribution < -0.4 is 5.32 Å². The standard InChI is InChI=1S/C17H16ClNO3/c18-14-9-12(20)6-5-11(14)8-16(22)19-17-13-4-2-1-3-10(13)7-15(17)21/h1-6,9,15,17,20-21H,7-8H2,(H,19,22). The van der Waals surface area contributed by atoms with Gasteiger partial charge in [0.2, 0.25) is 5.91 Å². The summed E-state index contributed by atoms with van der Waals surface area (Å²) in [6.45, 7) is 0. The maximum absolute atomic E-state index is 12.2. The Hall–Kier alpha value is -2.04. The molecule has 1 aliphatic rings. The van der Waals surface area contributed by atoms with Crippen LogP contribution in [-0.2, 0) is 17.6 Å². The molecule has 0 aliphatic heterocycles. The summed E-state index contributed by atoms with van der Waals surface area (Å²) in [5.74, 6) is -0.150. The highest BCUT2D eigenvalue weighted by molar-refractivity contribution is 6.31. The van der Waals surface area contributed by atoms with Gasteiger partial charge in [-0.1, -0.05) is 41.9 Å². The highest BCUT2D eigenvalue weighted by atomic mass is 35.5. The van der Waals surface area contributed by atoms with E-state index >= 15 is 0 Å². The van der Waals surface area contributed by atoms with Crippen molar-refractivity contribution in [2.24, 2.45) is 0 Å². The molecule has 2 unspecified atom stereocenters. The van der Waals surface area contributed by atoms with Crippen molar-refractivity contribution < 1.29 is 15.0 Å². The second kappa shape index (κ2) is 5.99. The average Bonchev–Trinajstić information content (AvgIpc) is 2.78. The summed E-state index contributed by atoms with van der Waals surface area (Å²) in [7, 11) is 0. The molecule has 0 spiro atoms. The van der Waals surface area contributed by atoms with Gasteiger partial charge in [0.1, 0.15) is 5.75 Å². The predicted molar refractivity (Wildman–Crippen MR) is 83.9 cm³/mol. The molecule has 5 heteroatoms. The van der Waals surface area contributed by atoms with Crippen molar-refractivity contribution in [3.63, 3.8) is 0 Å².